The second kappa shape index (κ2) is 8.05. The standard InChI is InChI=1S/C26H29Cl2NO/c1-17-22-14-16-25(2,19-8-12-21(28)13-9-19)23(18-6-10-20(27)11-7-18)5-4-15-26(22,3)24(30)29-17/h4,6-13,15,17,22-23H,5,14,16H2,1-3H3,(H,29,30)/b15-4-/t17-,22+,23+,25+,26-/m1/s1. The molecule has 4 rings (SSSR count). The Balaban J connectivity index is 1.81. The summed E-state index contributed by atoms with van der Waals surface area (Å²) in [6.45, 7) is 6.59. The molecule has 1 amide bonds. The highest BCUT2D eigenvalue weighted by atomic mass is 35.5. The van der Waals surface area contributed by atoms with Gasteiger partial charge in [-0.3, -0.25) is 4.79 Å². The Labute approximate surface area is 189 Å². The Hall–Kier alpha value is -1.77. The van der Waals surface area contributed by atoms with Crippen LogP contribution >= 0.6 is 23.2 Å². The fourth-order valence-electron chi connectivity index (χ4n) is 5.61. The number of nitrogens with one attached hydrogen (secondary N) is 1. The molecule has 1 saturated heterocycles. The first-order valence-electron chi connectivity index (χ1n) is 10.7. The minimum atomic E-state index is -0.449. The quantitative estimate of drug-likeness (QED) is 0.503. The van der Waals surface area contributed by atoms with Crippen molar-refractivity contribution >= 4 is 29.1 Å². The minimum absolute atomic E-state index is 0.0979. The summed E-state index contributed by atoms with van der Waals surface area (Å²) in [5, 5.41) is 4.68. The normalized spacial score (nSPS) is 35.0. The van der Waals surface area contributed by atoms with E-state index in [0.717, 1.165) is 29.3 Å². The molecule has 0 bridgehead atoms. The summed E-state index contributed by atoms with van der Waals surface area (Å²) >= 11 is 12.4. The molecule has 2 aromatic rings. The Bertz CT molecular complexity index is 952. The Morgan fingerprint density at radius 1 is 0.967 bits per heavy atom. The second-order valence-electron chi connectivity index (χ2n) is 9.36. The van der Waals surface area contributed by atoms with Gasteiger partial charge in [0.05, 0.1) is 5.41 Å². The van der Waals surface area contributed by atoms with Crippen molar-refractivity contribution in [2.24, 2.45) is 11.3 Å². The lowest BCUT2D eigenvalue weighted by molar-refractivity contribution is -0.125. The summed E-state index contributed by atoms with van der Waals surface area (Å²) in [7, 11) is 0. The van der Waals surface area contributed by atoms with E-state index in [4.69, 9.17) is 23.2 Å². The monoisotopic (exact) mass is 441 g/mol. The largest absolute Gasteiger partial charge is 0.353 e. The van der Waals surface area contributed by atoms with Crippen molar-refractivity contribution in [1.29, 1.82) is 0 Å². The Kier molecular flexibility index (Phi) is 5.76. The minimum Gasteiger partial charge on any atom is -0.353 e. The fourth-order valence-corrected chi connectivity index (χ4v) is 5.87. The predicted octanol–water partition coefficient (Wildman–Crippen LogP) is 6.92. The molecule has 1 heterocycles. The van der Waals surface area contributed by atoms with Crippen LogP contribution in [0.3, 0.4) is 0 Å². The molecule has 1 aliphatic carbocycles. The molecule has 0 spiro atoms. The molecule has 2 aromatic carbocycles. The third-order valence-electron chi connectivity index (χ3n) is 7.58. The number of carbonyl (C=O) groups excluding carboxylic acids is 1. The van der Waals surface area contributed by atoms with Crippen LogP contribution in [0, 0.1) is 11.3 Å². The van der Waals surface area contributed by atoms with Crippen LogP contribution in [0.1, 0.15) is 57.1 Å². The highest BCUT2D eigenvalue weighted by molar-refractivity contribution is 6.30. The maximum atomic E-state index is 12.8. The van der Waals surface area contributed by atoms with E-state index in [2.05, 4.69) is 62.5 Å². The number of benzene rings is 2. The van der Waals surface area contributed by atoms with Crippen LogP contribution in [0.5, 0.6) is 0 Å². The van der Waals surface area contributed by atoms with Gasteiger partial charge in [0.2, 0.25) is 5.91 Å². The molecular weight excluding hydrogens is 413 g/mol. The third kappa shape index (κ3) is 3.69. The van der Waals surface area contributed by atoms with Crippen LogP contribution in [-0.2, 0) is 10.2 Å². The van der Waals surface area contributed by atoms with Crippen LogP contribution in [-0.4, -0.2) is 11.9 Å². The summed E-state index contributed by atoms with van der Waals surface area (Å²) in [6.07, 6.45) is 7.22. The van der Waals surface area contributed by atoms with Crippen molar-refractivity contribution in [1.82, 2.24) is 5.32 Å². The molecule has 2 aliphatic rings. The van der Waals surface area contributed by atoms with Gasteiger partial charge in [-0.2, -0.15) is 0 Å². The molecular formula is C26H29Cl2NO. The Morgan fingerprint density at radius 2 is 1.57 bits per heavy atom. The van der Waals surface area contributed by atoms with Gasteiger partial charge in [0.15, 0.2) is 0 Å². The fraction of sp³-hybridized carbons (Fsp3) is 0.423. The number of carbonyl (C=O) groups is 1. The number of rotatable bonds is 2. The zero-order valence-corrected chi connectivity index (χ0v) is 19.3. The van der Waals surface area contributed by atoms with Crippen LogP contribution in [0.25, 0.3) is 0 Å². The van der Waals surface area contributed by atoms with Gasteiger partial charge in [-0.1, -0.05) is 66.5 Å². The van der Waals surface area contributed by atoms with Gasteiger partial charge in [-0.15, -0.1) is 0 Å². The Morgan fingerprint density at radius 3 is 2.20 bits per heavy atom. The molecule has 0 aromatic heterocycles. The van der Waals surface area contributed by atoms with Crippen molar-refractivity contribution < 1.29 is 4.79 Å². The lowest BCUT2D eigenvalue weighted by atomic mass is 9.64. The van der Waals surface area contributed by atoms with Crippen LogP contribution in [0.15, 0.2) is 60.7 Å². The first-order valence-corrected chi connectivity index (χ1v) is 11.5. The molecule has 1 N–H and O–H groups in total. The zero-order chi connectivity index (χ0) is 21.5. The van der Waals surface area contributed by atoms with Gasteiger partial charge in [-0.05, 0) is 85.8 Å². The zero-order valence-electron chi connectivity index (χ0n) is 17.8. The molecule has 0 unspecified atom stereocenters. The first kappa shape index (κ1) is 21.5. The average molecular weight is 442 g/mol. The van der Waals surface area contributed by atoms with E-state index >= 15 is 0 Å². The van der Waals surface area contributed by atoms with Gasteiger partial charge in [0.1, 0.15) is 0 Å². The highest BCUT2D eigenvalue weighted by Gasteiger charge is 2.50. The molecule has 30 heavy (non-hydrogen) atoms. The number of allylic oxidation sites excluding steroid dienone is 1. The first-order chi connectivity index (χ1) is 14.2. The summed E-state index contributed by atoms with van der Waals surface area (Å²) in [6, 6.07) is 16.7. The molecule has 5 atom stereocenters. The van der Waals surface area contributed by atoms with E-state index in [1.54, 1.807) is 0 Å². The number of hydrogen-bond acceptors (Lipinski definition) is 1. The van der Waals surface area contributed by atoms with Crippen molar-refractivity contribution in [3.63, 3.8) is 0 Å². The van der Waals surface area contributed by atoms with Gasteiger partial charge >= 0.3 is 0 Å². The molecule has 0 radical (unpaired) electrons. The predicted molar refractivity (Wildman–Crippen MR) is 125 cm³/mol. The maximum Gasteiger partial charge on any atom is 0.230 e. The van der Waals surface area contributed by atoms with Crippen LogP contribution in [0.2, 0.25) is 10.0 Å². The van der Waals surface area contributed by atoms with Crippen molar-refractivity contribution in [3.8, 4) is 0 Å². The van der Waals surface area contributed by atoms with Crippen molar-refractivity contribution in [3.05, 3.63) is 81.9 Å². The number of halogens is 2. The lowest BCUT2D eigenvalue weighted by Gasteiger charge is -2.40. The summed E-state index contributed by atoms with van der Waals surface area (Å²) in [5.74, 6) is 0.694. The molecule has 0 saturated carbocycles. The molecule has 1 fully saturated rings. The van der Waals surface area contributed by atoms with Crippen molar-refractivity contribution in [2.75, 3.05) is 0 Å². The van der Waals surface area contributed by atoms with E-state index < -0.39 is 5.41 Å². The second-order valence-corrected chi connectivity index (χ2v) is 10.2. The lowest BCUT2D eigenvalue weighted by Crippen LogP contribution is -2.33. The summed E-state index contributed by atoms with van der Waals surface area (Å²) in [4.78, 5) is 12.8. The van der Waals surface area contributed by atoms with Crippen LogP contribution < -0.4 is 5.32 Å². The van der Waals surface area contributed by atoms with E-state index in [0.29, 0.717) is 0 Å². The topological polar surface area (TPSA) is 29.1 Å². The number of amides is 1. The molecule has 1 aliphatic heterocycles. The van der Waals surface area contributed by atoms with E-state index in [1.807, 2.05) is 24.3 Å². The number of fused-ring (bicyclic) bond motifs is 1. The molecule has 2 nitrogen and oxygen atoms in total. The average Bonchev–Trinajstić information content (AvgIpc) is 2.95. The van der Waals surface area contributed by atoms with Crippen molar-refractivity contribution in [2.45, 2.75) is 57.4 Å². The highest BCUT2D eigenvalue weighted by Crippen LogP contribution is 2.50. The molecule has 158 valence electrons. The summed E-state index contributed by atoms with van der Waals surface area (Å²) in [5.41, 5.74) is 2.01. The summed E-state index contributed by atoms with van der Waals surface area (Å²) < 4.78 is 0. The van der Waals surface area contributed by atoms with Gasteiger partial charge in [0.25, 0.3) is 0 Å². The smallest absolute Gasteiger partial charge is 0.230 e. The van der Waals surface area contributed by atoms with E-state index in [-0.39, 0.29) is 29.2 Å². The SMILES string of the molecule is C[C@H]1NC(=O)[C@]2(C)/C=C\C[C@@H](c3ccc(Cl)cc3)[C@](C)(c3ccc(Cl)cc3)CC[C@@H]12. The van der Waals surface area contributed by atoms with Gasteiger partial charge < -0.3 is 5.32 Å². The van der Waals surface area contributed by atoms with Gasteiger partial charge in [0, 0.05) is 16.1 Å². The van der Waals surface area contributed by atoms with E-state index in [1.165, 1.54) is 11.1 Å². The third-order valence-corrected chi connectivity index (χ3v) is 8.08. The maximum absolute atomic E-state index is 12.8. The van der Waals surface area contributed by atoms with Crippen LogP contribution in [0.4, 0.5) is 0 Å². The molecule has 4 heteroatoms. The van der Waals surface area contributed by atoms with E-state index in [9.17, 15) is 4.79 Å². The number of hydrogen-bond donors (Lipinski definition) is 1. The van der Waals surface area contributed by atoms with Gasteiger partial charge in [-0.25, -0.2) is 0 Å².